The summed E-state index contributed by atoms with van der Waals surface area (Å²) >= 11 is 0. The highest BCUT2D eigenvalue weighted by molar-refractivity contribution is 7.89. The Bertz CT molecular complexity index is 617. The number of carbonyl (C=O) groups is 1. The van der Waals surface area contributed by atoms with Crippen LogP contribution in [-0.2, 0) is 10.0 Å². The minimum absolute atomic E-state index is 0.0764. The van der Waals surface area contributed by atoms with Gasteiger partial charge in [-0.05, 0) is 31.0 Å². The molecule has 0 atom stereocenters. The molecule has 0 aliphatic heterocycles. The first kappa shape index (κ1) is 18.5. The molecule has 0 unspecified atom stereocenters. The molecule has 0 saturated heterocycles. The molecule has 0 fully saturated rings. The maximum atomic E-state index is 12.4. The third-order valence-electron chi connectivity index (χ3n) is 3.09. The molecular weight excluding hydrogens is 312 g/mol. The van der Waals surface area contributed by atoms with Gasteiger partial charge in [0.25, 0.3) is 15.9 Å². The predicted octanol–water partition coefficient (Wildman–Crippen LogP) is -0.521. The summed E-state index contributed by atoms with van der Waals surface area (Å²) in [5.41, 5.74) is 0.494. The van der Waals surface area contributed by atoms with E-state index in [-0.39, 0.29) is 36.8 Å². The summed E-state index contributed by atoms with van der Waals surface area (Å²) in [6, 6.07) is 4.09. The van der Waals surface area contributed by atoms with E-state index in [0.29, 0.717) is 12.0 Å². The molecule has 4 N–H and O–H groups in total. The Morgan fingerprint density at radius 2 is 1.91 bits per heavy atom. The summed E-state index contributed by atoms with van der Waals surface area (Å²) in [5.74, 6) is -0.461. The third kappa shape index (κ3) is 4.49. The minimum atomic E-state index is -4.09. The summed E-state index contributed by atoms with van der Waals surface area (Å²) in [4.78, 5) is 14.7. The monoisotopic (exact) mass is 332 g/mol. The number of nitrogens with zero attached hydrogens (tertiary/aromatic N) is 1. The minimum Gasteiger partial charge on any atom is -0.396 e. The number of aryl methyl sites for hydroxylation is 1. The summed E-state index contributed by atoms with van der Waals surface area (Å²) in [7, 11) is -4.09. The van der Waals surface area contributed by atoms with E-state index in [1.54, 1.807) is 0 Å². The number of carbonyl (C=O) groups excluding carboxylic acids is 1. The third-order valence-corrected chi connectivity index (χ3v) is 4.35. The van der Waals surface area contributed by atoms with Gasteiger partial charge in [-0.1, -0.05) is 11.0 Å². The number of rotatable bonds is 8. The molecule has 0 radical (unpaired) electrons. The molecule has 0 spiro atoms. The van der Waals surface area contributed by atoms with Gasteiger partial charge in [0, 0.05) is 25.3 Å². The molecule has 1 aromatic rings. The zero-order chi connectivity index (χ0) is 16.8. The van der Waals surface area contributed by atoms with Crippen molar-refractivity contribution < 1.29 is 28.6 Å². The quantitative estimate of drug-likeness (QED) is 0.474. The molecule has 1 amide bonds. The Balaban J connectivity index is 3.14. The SMILES string of the molecule is Cc1ccc(C(=O)N(CCO)CCCO)cc1S(=O)(=O)NO. The molecular formula is C13H20N2O6S. The van der Waals surface area contributed by atoms with Gasteiger partial charge >= 0.3 is 0 Å². The van der Waals surface area contributed by atoms with E-state index >= 15 is 0 Å². The fourth-order valence-electron chi connectivity index (χ4n) is 1.95. The first-order valence-corrected chi connectivity index (χ1v) is 8.13. The van der Waals surface area contributed by atoms with Crippen molar-refractivity contribution in [2.45, 2.75) is 18.2 Å². The zero-order valence-electron chi connectivity index (χ0n) is 12.2. The maximum Gasteiger partial charge on any atom is 0.262 e. The fourth-order valence-corrected chi connectivity index (χ4v) is 2.82. The van der Waals surface area contributed by atoms with Gasteiger partial charge < -0.3 is 20.3 Å². The molecule has 0 aromatic heterocycles. The number of sulfonamides is 1. The topological polar surface area (TPSA) is 127 Å². The predicted molar refractivity (Wildman–Crippen MR) is 78.0 cm³/mol. The zero-order valence-corrected chi connectivity index (χ0v) is 13.0. The number of hydrogen-bond acceptors (Lipinski definition) is 6. The second-order valence-electron chi connectivity index (χ2n) is 4.67. The Kier molecular flexibility index (Phi) is 6.91. The van der Waals surface area contributed by atoms with Crippen molar-refractivity contribution >= 4 is 15.9 Å². The van der Waals surface area contributed by atoms with E-state index in [1.807, 2.05) is 0 Å². The van der Waals surface area contributed by atoms with Crippen molar-refractivity contribution in [3.63, 3.8) is 0 Å². The van der Waals surface area contributed by atoms with Crippen LogP contribution >= 0.6 is 0 Å². The van der Waals surface area contributed by atoms with Gasteiger partial charge in [0.1, 0.15) is 0 Å². The molecule has 0 heterocycles. The molecule has 8 nitrogen and oxygen atoms in total. The summed E-state index contributed by atoms with van der Waals surface area (Å²) in [6.07, 6.45) is 0.348. The first-order chi connectivity index (χ1) is 10.4. The normalized spacial score (nSPS) is 11.5. The maximum absolute atomic E-state index is 12.4. The molecule has 0 bridgehead atoms. The van der Waals surface area contributed by atoms with Gasteiger partial charge in [0.05, 0.1) is 11.5 Å². The van der Waals surface area contributed by atoms with Crippen LogP contribution in [0.4, 0.5) is 0 Å². The highest BCUT2D eigenvalue weighted by atomic mass is 32.2. The summed E-state index contributed by atoms with van der Waals surface area (Å²) in [6.45, 7) is 1.51. The van der Waals surface area contributed by atoms with E-state index in [2.05, 4.69) is 0 Å². The van der Waals surface area contributed by atoms with E-state index in [9.17, 15) is 13.2 Å². The van der Waals surface area contributed by atoms with Crippen LogP contribution in [0.25, 0.3) is 0 Å². The van der Waals surface area contributed by atoms with E-state index in [4.69, 9.17) is 15.4 Å². The van der Waals surface area contributed by atoms with Crippen molar-refractivity contribution in [2.24, 2.45) is 0 Å². The van der Waals surface area contributed by atoms with Crippen LogP contribution in [0.1, 0.15) is 22.3 Å². The highest BCUT2D eigenvalue weighted by Crippen LogP contribution is 2.18. The number of benzene rings is 1. The average molecular weight is 332 g/mol. The molecule has 0 aliphatic rings. The largest absolute Gasteiger partial charge is 0.396 e. The molecule has 124 valence electrons. The Labute approximate surface area is 129 Å². The molecule has 22 heavy (non-hydrogen) atoms. The fraction of sp³-hybridized carbons (Fsp3) is 0.462. The number of hydrogen-bond donors (Lipinski definition) is 4. The number of aliphatic hydroxyl groups is 2. The van der Waals surface area contributed by atoms with Crippen molar-refractivity contribution in [1.82, 2.24) is 9.79 Å². The van der Waals surface area contributed by atoms with Crippen LogP contribution in [0.2, 0.25) is 0 Å². The lowest BCUT2D eigenvalue weighted by molar-refractivity contribution is 0.0710. The van der Waals surface area contributed by atoms with Gasteiger partial charge in [-0.25, -0.2) is 8.42 Å². The second-order valence-corrected chi connectivity index (χ2v) is 6.30. The molecule has 0 aliphatic carbocycles. The number of amides is 1. The van der Waals surface area contributed by atoms with E-state index < -0.39 is 15.9 Å². The van der Waals surface area contributed by atoms with Crippen LogP contribution in [0.15, 0.2) is 23.1 Å². The summed E-state index contributed by atoms with van der Waals surface area (Å²) in [5, 5.41) is 26.6. The van der Waals surface area contributed by atoms with Crippen molar-refractivity contribution in [3.05, 3.63) is 29.3 Å². The van der Waals surface area contributed by atoms with Crippen LogP contribution in [-0.4, -0.2) is 60.9 Å². The lowest BCUT2D eigenvalue weighted by Gasteiger charge is -2.22. The van der Waals surface area contributed by atoms with Crippen molar-refractivity contribution in [3.8, 4) is 0 Å². The van der Waals surface area contributed by atoms with Gasteiger partial charge in [-0.2, -0.15) is 0 Å². The highest BCUT2D eigenvalue weighted by Gasteiger charge is 2.21. The van der Waals surface area contributed by atoms with Crippen LogP contribution in [0.3, 0.4) is 0 Å². The second kappa shape index (κ2) is 8.20. The number of aliphatic hydroxyl groups excluding tert-OH is 2. The van der Waals surface area contributed by atoms with Gasteiger partial charge in [0.2, 0.25) is 0 Å². The Morgan fingerprint density at radius 1 is 1.23 bits per heavy atom. The van der Waals surface area contributed by atoms with Gasteiger partial charge in [-0.3, -0.25) is 4.79 Å². The standard InChI is InChI=1S/C13H20N2O6S/c1-10-3-4-11(9-12(10)22(20,21)14-19)13(18)15(6-8-17)5-2-7-16/h3-4,9,14,16-17,19H,2,5-8H2,1H3. The first-order valence-electron chi connectivity index (χ1n) is 6.65. The van der Waals surface area contributed by atoms with Crippen LogP contribution < -0.4 is 4.89 Å². The average Bonchev–Trinajstić information content (AvgIpc) is 2.51. The molecule has 9 heteroatoms. The van der Waals surface area contributed by atoms with Crippen molar-refractivity contribution in [1.29, 1.82) is 0 Å². The van der Waals surface area contributed by atoms with Crippen molar-refractivity contribution in [2.75, 3.05) is 26.3 Å². The van der Waals surface area contributed by atoms with Gasteiger partial charge in [-0.15, -0.1) is 0 Å². The number of nitrogens with one attached hydrogen (secondary N) is 1. The lowest BCUT2D eigenvalue weighted by Crippen LogP contribution is -2.35. The summed E-state index contributed by atoms with van der Waals surface area (Å²) < 4.78 is 23.4. The van der Waals surface area contributed by atoms with E-state index in [0.717, 1.165) is 0 Å². The Morgan fingerprint density at radius 3 is 2.45 bits per heavy atom. The smallest absolute Gasteiger partial charge is 0.262 e. The lowest BCUT2D eigenvalue weighted by atomic mass is 10.1. The van der Waals surface area contributed by atoms with Gasteiger partial charge in [0.15, 0.2) is 0 Å². The van der Waals surface area contributed by atoms with Crippen LogP contribution in [0.5, 0.6) is 0 Å². The Hall–Kier alpha value is -1.52. The molecule has 1 rings (SSSR count). The molecule has 0 saturated carbocycles. The van der Waals surface area contributed by atoms with E-state index in [1.165, 1.54) is 34.9 Å². The van der Waals surface area contributed by atoms with Crippen LogP contribution in [0, 0.1) is 6.92 Å². The molecule has 1 aromatic carbocycles.